The van der Waals surface area contributed by atoms with E-state index in [9.17, 15) is 14.4 Å². The average Bonchev–Trinajstić information content (AvgIpc) is 3.10. The van der Waals surface area contributed by atoms with E-state index in [4.69, 9.17) is 5.11 Å². The van der Waals surface area contributed by atoms with Crippen LogP contribution in [0.5, 0.6) is 0 Å². The lowest BCUT2D eigenvalue weighted by Crippen LogP contribution is -2.39. The number of aliphatic carboxylic acids is 1. The number of unbranched alkanes of at least 4 members (excludes halogenated alkanes) is 1. The van der Waals surface area contributed by atoms with Crippen molar-refractivity contribution in [3.05, 3.63) is 21.4 Å². The Labute approximate surface area is 163 Å². The highest BCUT2D eigenvalue weighted by Crippen LogP contribution is 2.30. The smallest absolute Gasteiger partial charge is 0.303 e. The molecule has 3 rings (SSSR count). The molecule has 6 nitrogen and oxygen atoms in total. The molecule has 148 valence electrons. The second kappa shape index (κ2) is 9.46. The monoisotopic (exact) mass is 392 g/mol. The number of hydrogen-bond donors (Lipinski definition) is 2. The van der Waals surface area contributed by atoms with Gasteiger partial charge in [-0.1, -0.05) is 0 Å². The summed E-state index contributed by atoms with van der Waals surface area (Å²) in [5.74, 6) is -0.0460. The van der Waals surface area contributed by atoms with Gasteiger partial charge in [-0.25, -0.2) is 0 Å². The molecule has 2 aliphatic heterocycles. The Hall–Kier alpha value is -1.73. The number of hydrogen-bond acceptors (Lipinski definition) is 5. The quantitative estimate of drug-likeness (QED) is 0.498. The molecule has 1 aromatic rings. The van der Waals surface area contributed by atoms with E-state index < -0.39 is 5.97 Å². The largest absolute Gasteiger partial charge is 0.481 e. The third-order valence-corrected chi connectivity index (χ3v) is 6.76. The first-order valence-corrected chi connectivity index (χ1v) is 10.7. The maximum atomic E-state index is 12.8. The molecule has 0 saturated carbocycles. The SMILES string of the molecule is O=C(O)CCCCC(=O)c1cc2c(s1)CCN(CCC1CCNCC1)C2=O. The van der Waals surface area contributed by atoms with E-state index in [0.717, 1.165) is 43.9 Å². The average molecular weight is 393 g/mol. The normalized spacial score (nSPS) is 17.8. The van der Waals surface area contributed by atoms with E-state index in [-0.39, 0.29) is 18.1 Å². The number of piperidine rings is 1. The van der Waals surface area contributed by atoms with Crippen LogP contribution in [0.15, 0.2) is 6.07 Å². The first-order valence-electron chi connectivity index (χ1n) is 9.92. The van der Waals surface area contributed by atoms with Crippen LogP contribution in [0.4, 0.5) is 0 Å². The van der Waals surface area contributed by atoms with E-state index in [1.807, 2.05) is 4.90 Å². The molecule has 0 aliphatic carbocycles. The van der Waals surface area contributed by atoms with Gasteiger partial charge in [0.25, 0.3) is 5.91 Å². The van der Waals surface area contributed by atoms with E-state index in [2.05, 4.69) is 5.32 Å². The summed E-state index contributed by atoms with van der Waals surface area (Å²) in [7, 11) is 0. The number of thiophene rings is 1. The maximum absolute atomic E-state index is 12.8. The number of carbonyl (C=O) groups excluding carboxylic acids is 2. The summed E-state index contributed by atoms with van der Waals surface area (Å²) in [4.78, 5) is 39.3. The summed E-state index contributed by atoms with van der Waals surface area (Å²) in [5.41, 5.74) is 0.699. The molecule has 0 spiro atoms. The second-order valence-corrected chi connectivity index (χ2v) is 8.63. The molecule has 1 aromatic heterocycles. The van der Waals surface area contributed by atoms with Crippen molar-refractivity contribution in [2.45, 2.75) is 51.4 Å². The molecule has 1 amide bonds. The van der Waals surface area contributed by atoms with E-state index in [1.54, 1.807) is 6.07 Å². The van der Waals surface area contributed by atoms with Crippen LogP contribution >= 0.6 is 11.3 Å². The molecular weight excluding hydrogens is 364 g/mol. The van der Waals surface area contributed by atoms with Gasteiger partial charge in [-0.3, -0.25) is 14.4 Å². The topological polar surface area (TPSA) is 86.7 Å². The van der Waals surface area contributed by atoms with Crippen LogP contribution in [0.3, 0.4) is 0 Å². The van der Waals surface area contributed by atoms with Gasteiger partial charge in [0.15, 0.2) is 5.78 Å². The predicted octanol–water partition coefficient (Wildman–Crippen LogP) is 2.96. The number of nitrogens with zero attached hydrogens (tertiary/aromatic N) is 1. The number of amides is 1. The van der Waals surface area contributed by atoms with Crippen molar-refractivity contribution < 1.29 is 19.5 Å². The van der Waals surface area contributed by atoms with Crippen LogP contribution in [0.1, 0.15) is 69.9 Å². The summed E-state index contributed by atoms with van der Waals surface area (Å²) in [6.45, 7) is 3.69. The number of ketones is 1. The molecule has 0 aromatic carbocycles. The highest BCUT2D eigenvalue weighted by molar-refractivity contribution is 7.14. The first-order chi connectivity index (χ1) is 13.0. The van der Waals surface area contributed by atoms with Gasteiger partial charge < -0.3 is 15.3 Å². The third kappa shape index (κ3) is 5.39. The van der Waals surface area contributed by atoms with Gasteiger partial charge in [0.2, 0.25) is 0 Å². The number of fused-ring (bicyclic) bond motifs is 1. The summed E-state index contributed by atoms with van der Waals surface area (Å²) in [5, 5.41) is 12.0. The second-order valence-electron chi connectivity index (χ2n) is 7.50. The molecule has 27 heavy (non-hydrogen) atoms. The van der Waals surface area contributed by atoms with Crippen molar-refractivity contribution in [3.63, 3.8) is 0 Å². The van der Waals surface area contributed by atoms with E-state index in [0.29, 0.717) is 35.6 Å². The molecule has 1 fully saturated rings. The summed E-state index contributed by atoms with van der Waals surface area (Å²) >= 11 is 1.44. The van der Waals surface area contributed by atoms with E-state index >= 15 is 0 Å². The fourth-order valence-electron chi connectivity index (χ4n) is 3.85. The minimum absolute atomic E-state index is 0.0221. The molecule has 0 unspecified atom stereocenters. The third-order valence-electron chi connectivity index (χ3n) is 5.52. The molecule has 2 N–H and O–H groups in total. The van der Waals surface area contributed by atoms with Gasteiger partial charge in [0, 0.05) is 37.2 Å². The number of Topliss-reactive ketones (excluding diaryl/α,β-unsaturated/α-hetero) is 1. The minimum Gasteiger partial charge on any atom is -0.481 e. The van der Waals surface area contributed by atoms with Crippen LogP contribution in [0.2, 0.25) is 0 Å². The molecule has 2 aliphatic rings. The minimum atomic E-state index is -0.829. The fraction of sp³-hybridized carbons (Fsp3) is 0.650. The summed E-state index contributed by atoms with van der Waals surface area (Å²) in [6.07, 6.45) is 5.78. The Bertz CT molecular complexity index is 694. The standard InChI is InChI=1S/C20H28N2O4S/c23-16(3-1-2-4-19(24)25)18-13-15-17(27-18)8-12-22(20(15)26)11-7-14-5-9-21-10-6-14/h13-14,21H,1-12H2,(H,24,25). The number of carbonyl (C=O) groups is 3. The Morgan fingerprint density at radius 3 is 2.70 bits per heavy atom. The Morgan fingerprint density at radius 2 is 1.96 bits per heavy atom. The number of nitrogens with one attached hydrogen (secondary N) is 1. The zero-order valence-corrected chi connectivity index (χ0v) is 16.5. The van der Waals surface area contributed by atoms with Crippen LogP contribution in [0, 0.1) is 5.92 Å². The number of carboxylic acids is 1. The predicted molar refractivity (Wildman–Crippen MR) is 105 cm³/mol. The van der Waals surface area contributed by atoms with Gasteiger partial charge in [-0.05, 0) is 57.2 Å². The van der Waals surface area contributed by atoms with Gasteiger partial charge in [-0.15, -0.1) is 11.3 Å². The Morgan fingerprint density at radius 1 is 1.22 bits per heavy atom. The van der Waals surface area contributed by atoms with Crippen molar-refractivity contribution in [2.24, 2.45) is 5.92 Å². The van der Waals surface area contributed by atoms with Gasteiger partial charge in [0.1, 0.15) is 0 Å². The first kappa shape index (κ1) is 20.0. The van der Waals surface area contributed by atoms with Crippen molar-refractivity contribution in [2.75, 3.05) is 26.2 Å². The van der Waals surface area contributed by atoms with Crippen LogP contribution in [0.25, 0.3) is 0 Å². The molecule has 1 saturated heterocycles. The highest BCUT2D eigenvalue weighted by atomic mass is 32.1. The molecule has 7 heteroatoms. The molecular formula is C20H28N2O4S. The molecule has 0 radical (unpaired) electrons. The molecule has 0 atom stereocenters. The van der Waals surface area contributed by atoms with Crippen LogP contribution in [-0.2, 0) is 11.2 Å². The zero-order chi connectivity index (χ0) is 19.2. The van der Waals surface area contributed by atoms with E-state index in [1.165, 1.54) is 24.2 Å². The van der Waals surface area contributed by atoms with Gasteiger partial charge in [-0.2, -0.15) is 0 Å². The van der Waals surface area contributed by atoms with Crippen molar-refractivity contribution in [3.8, 4) is 0 Å². The van der Waals surface area contributed by atoms with Gasteiger partial charge in [0.05, 0.1) is 10.4 Å². The highest BCUT2D eigenvalue weighted by Gasteiger charge is 2.28. The number of rotatable bonds is 9. The van der Waals surface area contributed by atoms with Crippen molar-refractivity contribution >= 4 is 29.0 Å². The molecule has 0 bridgehead atoms. The lowest BCUT2D eigenvalue weighted by Gasteiger charge is -2.29. The summed E-state index contributed by atoms with van der Waals surface area (Å²) < 4.78 is 0. The molecule has 3 heterocycles. The van der Waals surface area contributed by atoms with Gasteiger partial charge >= 0.3 is 5.97 Å². The van der Waals surface area contributed by atoms with Crippen molar-refractivity contribution in [1.82, 2.24) is 10.2 Å². The van der Waals surface area contributed by atoms with Crippen LogP contribution < -0.4 is 5.32 Å². The lowest BCUT2D eigenvalue weighted by atomic mass is 9.94. The maximum Gasteiger partial charge on any atom is 0.303 e. The lowest BCUT2D eigenvalue weighted by molar-refractivity contribution is -0.137. The fourth-order valence-corrected chi connectivity index (χ4v) is 4.96. The Balaban J connectivity index is 1.52. The summed E-state index contributed by atoms with van der Waals surface area (Å²) in [6, 6.07) is 1.76. The Kier molecular flexibility index (Phi) is 7.01. The van der Waals surface area contributed by atoms with Crippen LogP contribution in [-0.4, -0.2) is 53.8 Å². The van der Waals surface area contributed by atoms with Crippen molar-refractivity contribution in [1.29, 1.82) is 0 Å². The number of carboxylic acid groups (broad SMARTS) is 1. The zero-order valence-electron chi connectivity index (χ0n) is 15.7.